The quantitative estimate of drug-likeness (QED) is 0.759. The van der Waals surface area contributed by atoms with E-state index in [9.17, 15) is 9.18 Å². The van der Waals surface area contributed by atoms with Gasteiger partial charge in [-0.3, -0.25) is 9.36 Å². The summed E-state index contributed by atoms with van der Waals surface area (Å²) in [5.74, 6) is 0.154. The standard InChI is InChI=1S/C20H21FN4O/c1-12-10-18(26)25(15-5-3-4-6-15)19-16(12)11-22-20(24-19)23-14-7-8-17(21)13(2)9-14/h7-11,15H,3-6H2,1-2H3,(H,22,23,24). The highest BCUT2D eigenvalue weighted by atomic mass is 19.1. The third kappa shape index (κ3) is 2.96. The molecule has 1 aliphatic carbocycles. The Morgan fingerprint density at radius 3 is 2.65 bits per heavy atom. The van der Waals surface area contributed by atoms with Gasteiger partial charge in [0.1, 0.15) is 11.5 Å². The van der Waals surface area contributed by atoms with E-state index in [4.69, 9.17) is 0 Å². The number of nitrogens with zero attached hydrogens (tertiary/aromatic N) is 3. The normalized spacial score (nSPS) is 14.9. The lowest BCUT2D eigenvalue weighted by atomic mass is 10.1. The minimum Gasteiger partial charge on any atom is -0.324 e. The molecule has 0 spiro atoms. The van der Waals surface area contributed by atoms with E-state index in [1.54, 1.807) is 31.3 Å². The van der Waals surface area contributed by atoms with E-state index in [1.807, 2.05) is 11.5 Å². The third-order valence-electron chi connectivity index (χ3n) is 5.10. The molecule has 134 valence electrons. The van der Waals surface area contributed by atoms with Crippen molar-refractivity contribution in [3.8, 4) is 0 Å². The second kappa shape index (κ2) is 6.52. The van der Waals surface area contributed by atoms with Gasteiger partial charge in [0.2, 0.25) is 5.95 Å². The number of hydrogen-bond acceptors (Lipinski definition) is 4. The molecule has 0 aliphatic heterocycles. The van der Waals surface area contributed by atoms with Gasteiger partial charge in [0, 0.05) is 29.4 Å². The number of pyridine rings is 1. The number of fused-ring (bicyclic) bond motifs is 1. The summed E-state index contributed by atoms with van der Waals surface area (Å²) in [6.07, 6.45) is 6.03. The van der Waals surface area contributed by atoms with Gasteiger partial charge in [-0.25, -0.2) is 9.37 Å². The van der Waals surface area contributed by atoms with Crippen molar-refractivity contribution in [2.75, 3.05) is 5.32 Å². The van der Waals surface area contributed by atoms with Gasteiger partial charge in [0.15, 0.2) is 0 Å². The monoisotopic (exact) mass is 352 g/mol. The maximum atomic E-state index is 13.5. The highest BCUT2D eigenvalue weighted by Crippen LogP contribution is 2.31. The average Bonchev–Trinajstić information content (AvgIpc) is 3.12. The van der Waals surface area contributed by atoms with Crippen molar-refractivity contribution in [2.24, 2.45) is 0 Å². The molecule has 6 heteroatoms. The molecule has 1 aliphatic rings. The molecule has 3 aromatic rings. The fraction of sp³-hybridized carbons (Fsp3) is 0.350. The van der Waals surface area contributed by atoms with Crippen LogP contribution in [0.2, 0.25) is 0 Å². The molecule has 1 N–H and O–H groups in total. The van der Waals surface area contributed by atoms with Crippen molar-refractivity contribution in [3.05, 3.63) is 57.8 Å². The Balaban J connectivity index is 1.81. The number of nitrogens with one attached hydrogen (secondary N) is 1. The number of hydrogen-bond donors (Lipinski definition) is 1. The molecule has 0 saturated heterocycles. The van der Waals surface area contributed by atoms with Gasteiger partial charge in [-0.05, 0) is 56.0 Å². The fourth-order valence-electron chi connectivity index (χ4n) is 3.70. The number of aryl methyl sites for hydroxylation is 2. The van der Waals surface area contributed by atoms with Crippen molar-refractivity contribution in [2.45, 2.75) is 45.6 Å². The Bertz CT molecular complexity index is 1040. The summed E-state index contributed by atoms with van der Waals surface area (Å²) in [5.41, 5.74) is 2.80. The third-order valence-corrected chi connectivity index (χ3v) is 5.10. The molecule has 0 unspecified atom stereocenters. The van der Waals surface area contributed by atoms with Crippen LogP contribution in [0.1, 0.15) is 42.9 Å². The van der Waals surface area contributed by atoms with Crippen LogP contribution in [0.15, 0.2) is 35.3 Å². The van der Waals surface area contributed by atoms with Gasteiger partial charge >= 0.3 is 0 Å². The number of rotatable bonds is 3. The van der Waals surface area contributed by atoms with Crippen LogP contribution in [-0.2, 0) is 0 Å². The second-order valence-corrected chi connectivity index (χ2v) is 6.99. The van der Waals surface area contributed by atoms with Crippen molar-refractivity contribution in [1.82, 2.24) is 14.5 Å². The number of anilines is 2. The van der Waals surface area contributed by atoms with Crippen molar-refractivity contribution in [3.63, 3.8) is 0 Å². The average molecular weight is 352 g/mol. The second-order valence-electron chi connectivity index (χ2n) is 6.99. The van der Waals surface area contributed by atoms with E-state index in [0.717, 1.165) is 36.6 Å². The van der Waals surface area contributed by atoms with Crippen LogP contribution in [0.4, 0.5) is 16.0 Å². The highest BCUT2D eigenvalue weighted by molar-refractivity contribution is 5.79. The Morgan fingerprint density at radius 2 is 1.92 bits per heavy atom. The van der Waals surface area contributed by atoms with Crippen LogP contribution in [0.5, 0.6) is 0 Å². The largest absolute Gasteiger partial charge is 0.324 e. The first kappa shape index (κ1) is 16.7. The van der Waals surface area contributed by atoms with E-state index in [1.165, 1.54) is 6.07 Å². The molecule has 1 saturated carbocycles. The molecule has 0 radical (unpaired) electrons. The zero-order chi connectivity index (χ0) is 18.3. The van der Waals surface area contributed by atoms with Crippen LogP contribution >= 0.6 is 0 Å². The van der Waals surface area contributed by atoms with E-state index >= 15 is 0 Å². The van der Waals surface area contributed by atoms with Gasteiger partial charge in [-0.2, -0.15) is 4.98 Å². The summed E-state index contributed by atoms with van der Waals surface area (Å²) in [7, 11) is 0. The molecular weight excluding hydrogens is 331 g/mol. The predicted molar refractivity (Wildman–Crippen MR) is 100 cm³/mol. The summed E-state index contributed by atoms with van der Waals surface area (Å²) in [4.78, 5) is 21.7. The summed E-state index contributed by atoms with van der Waals surface area (Å²) in [5, 5.41) is 4.00. The van der Waals surface area contributed by atoms with Crippen molar-refractivity contribution in [1.29, 1.82) is 0 Å². The fourth-order valence-corrected chi connectivity index (χ4v) is 3.70. The van der Waals surface area contributed by atoms with Crippen LogP contribution < -0.4 is 10.9 Å². The first-order chi connectivity index (χ1) is 12.5. The van der Waals surface area contributed by atoms with Gasteiger partial charge in [0.05, 0.1) is 0 Å². The zero-order valence-electron chi connectivity index (χ0n) is 14.9. The molecule has 5 nitrogen and oxygen atoms in total. The van der Waals surface area contributed by atoms with Crippen molar-refractivity contribution >= 4 is 22.7 Å². The summed E-state index contributed by atoms with van der Waals surface area (Å²) < 4.78 is 15.3. The minimum absolute atomic E-state index is 0.0100. The minimum atomic E-state index is -0.249. The molecule has 0 amide bonds. The Morgan fingerprint density at radius 1 is 1.15 bits per heavy atom. The highest BCUT2D eigenvalue weighted by Gasteiger charge is 2.21. The maximum absolute atomic E-state index is 13.5. The number of aromatic nitrogens is 3. The van der Waals surface area contributed by atoms with Crippen molar-refractivity contribution < 1.29 is 4.39 Å². The lowest BCUT2D eigenvalue weighted by molar-refractivity contribution is 0.515. The Labute approximate surface area is 150 Å². The molecule has 0 bridgehead atoms. The molecule has 1 aromatic carbocycles. The number of benzene rings is 1. The van der Waals surface area contributed by atoms with E-state index in [2.05, 4.69) is 15.3 Å². The van der Waals surface area contributed by atoms with Crippen LogP contribution in [0.25, 0.3) is 11.0 Å². The number of halogens is 1. The molecular formula is C20H21FN4O. The molecule has 26 heavy (non-hydrogen) atoms. The van der Waals surface area contributed by atoms with E-state index in [0.29, 0.717) is 22.8 Å². The predicted octanol–water partition coefficient (Wildman–Crippen LogP) is 4.41. The lowest BCUT2D eigenvalue weighted by Gasteiger charge is -2.17. The molecule has 4 rings (SSSR count). The summed E-state index contributed by atoms with van der Waals surface area (Å²) in [6, 6.07) is 6.64. The molecule has 1 fully saturated rings. The maximum Gasteiger partial charge on any atom is 0.252 e. The zero-order valence-corrected chi connectivity index (χ0v) is 14.9. The Hall–Kier alpha value is -2.76. The first-order valence-corrected chi connectivity index (χ1v) is 8.95. The van der Waals surface area contributed by atoms with E-state index in [-0.39, 0.29) is 17.4 Å². The van der Waals surface area contributed by atoms with Crippen LogP contribution in [0, 0.1) is 19.7 Å². The first-order valence-electron chi connectivity index (χ1n) is 8.95. The van der Waals surface area contributed by atoms with Gasteiger partial charge in [-0.15, -0.1) is 0 Å². The van der Waals surface area contributed by atoms with Gasteiger partial charge in [-0.1, -0.05) is 12.8 Å². The van der Waals surface area contributed by atoms with Crippen LogP contribution in [0.3, 0.4) is 0 Å². The van der Waals surface area contributed by atoms with Gasteiger partial charge in [0.25, 0.3) is 5.56 Å². The molecule has 2 heterocycles. The van der Waals surface area contributed by atoms with Crippen LogP contribution in [-0.4, -0.2) is 14.5 Å². The molecule has 0 atom stereocenters. The summed E-state index contributed by atoms with van der Waals surface area (Å²) in [6.45, 7) is 3.62. The Kier molecular flexibility index (Phi) is 4.18. The SMILES string of the molecule is Cc1cc(Nc2ncc3c(C)cc(=O)n(C4CCCC4)c3n2)ccc1F. The van der Waals surface area contributed by atoms with E-state index < -0.39 is 0 Å². The summed E-state index contributed by atoms with van der Waals surface area (Å²) >= 11 is 0. The lowest BCUT2D eigenvalue weighted by Crippen LogP contribution is -2.24. The smallest absolute Gasteiger partial charge is 0.252 e. The molecule has 2 aromatic heterocycles. The topological polar surface area (TPSA) is 59.8 Å². The van der Waals surface area contributed by atoms with Gasteiger partial charge < -0.3 is 5.32 Å².